The SMILES string of the molecule is COc1cccc(C(=O)NC2CC3CCC(C2)N3c2ccc(C(=O)NCCc3c(F)cc(Br)cc3F)cn2)c1C. The van der Waals surface area contributed by atoms with Gasteiger partial charge in [0, 0.05) is 52.0 Å². The molecule has 2 N–H and O–H groups in total. The minimum atomic E-state index is -0.652. The molecule has 40 heavy (non-hydrogen) atoms. The van der Waals surface area contributed by atoms with E-state index in [1.807, 2.05) is 31.2 Å². The van der Waals surface area contributed by atoms with Crippen LogP contribution >= 0.6 is 15.9 Å². The van der Waals surface area contributed by atoms with Gasteiger partial charge in [0.25, 0.3) is 11.8 Å². The number of methoxy groups -OCH3 is 1. The number of benzene rings is 2. The minimum absolute atomic E-state index is 0.0361. The van der Waals surface area contributed by atoms with Gasteiger partial charge in [-0.15, -0.1) is 0 Å². The molecule has 0 saturated carbocycles. The van der Waals surface area contributed by atoms with E-state index in [0.29, 0.717) is 21.3 Å². The number of rotatable bonds is 8. The lowest BCUT2D eigenvalue weighted by atomic mass is 9.96. The van der Waals surface area contributed by atoms with Crippen LogP contribution in [0.15, 0.2) is 53.1 Å². The van der Waals surface area contributed by atoms with Crippen LogP contribution in [0.2, 0.25) is 0 Å². The Morgan fingerprint density at radius 2 is 1.77 bits per heavy atom. The summed E-state index contributed by atoms with van der Waals surface area (Å²) in [5.74, 6) is -0.252. The molecule has 0 radical (unpaired) electrons. The highest BCUT2D eigenvalue weighted by atomic mass is 79.9. The Balaban J connectivity index is 1.17. The third-order valence-electron chi connectivity index (χ3n) is 7.86. The van der Waals surface area contributed by atoms with Crippen LogP contribution in [0.25, 0.3) is 0 Å². The maximum atomic E-state index is 14.0. The summed E-state index contributed by atoms with van der Waals surface area (Å²) in [6, 6.07) is 12.0. The van der Waals surface area contributed by atoms with Crippen LogP contribution in [0.4, 0.5) is 14.6 Å². The molecule has 2 atom stereocenters. The number of fused-ring (bicyclic) bond motifs is 2. The van der Waals surface area contributed by atoms with Gasteiger partial charge in [0.05, 0.1) is 12.7 Å². The van der Waals surface area contributed by atoms with Gasteiger partial charge in [0.2, 0.25) is 0 Å². The number of pyridine rings is 1. The lowest BCUT2D eigenvalue weighted by molar-refractivity contribution is 0.0924. The molecule has 2 unspecified atom stereocenters. The molecule has 5 rings (SSSR count). The zero-order valence-corrected chi connectivity index (χ0v) is 23.9. The molecule has 3 aromatic rings. The van der Waals surface area contributed by atoms with Gasteiger partial charge in [-0.3, -0.25) is 9.59 Å². The Bertz CT molecular complexity index is 1380. The molecular formula is C30H31BrF2N4O3. The van der Waals surface area contributed by atoms with Crippen molar-refractivity contribution in [3.05, 3.63) is 87.0 Å². The monoisotopic (exact) mass is 612 g/mol. The number of ether oxygens (including phenoxy) is 1. The predicted octanol–water partition coefficient (Wildman–Crippen LogP) is 5.34. The van der Waals surface area contributed by atoms with Crippen molar-refractivity contribution in [1.29, 1.82) is 0 Å². The minimum Gasteiger partial charge on any atom is -0.496 e. The summed E-state index contributed by atoms with van der Waals surface area (Å²) >= 11 is 3.06. The average Bonchev–Trinajstić information content (AvgIpc) is 3.20. The van der Waals surface area contributed by atoms with E-state index in [1.165, 1.54) is 18.3 Å². The zero-order chi connectivity index (χ0) is 28.4. The van der Waals surface area contributed by atoms with E-state index in [0.717, 1.165) is 37.1 Å². The van der Waals surface area contributed by atoms with Crippen LogP contribution < -0.4 is 20.3 Å². The first-order valence-electron chi connectivity index (χ1n) is 13.4. The molecule has 2 saturated heterocycles. The summed E-state index contributed by atoms with van der Waals surface area (Å²) in [7, 11) is 1.60. The molecule has 2 bridgehead atoms. The fourth-order valence-corrected chi connectivity index (χ4v) is 6.30. The lowest BCUT2D eigenvalue weighted by Gasteiger charge is -2.40. The van der Waals surface area contributed by atoms with E-state index in [-0.39, 0.29) is 48.5 Å². The van der Waals surface area contributed by atoms with Crippen molar-refractivity contribution in [3.8, 4) is 5.75 Å². The average molecular weight is 614 g/mol. The molecule has 2 aromatic carbocycles. The van der Waals surface area contributed by atoms with Gasteiger partial charge in [0.15, 0.2) is 0 Å². The van der Waals surface area contributed by atoms with Crippen molar-refractivity contribution in [2.24, 2.45) is 0 Å². The summed E-state index contributed by atoms with van der Waals surface area (Å²) in [6.07, 6.45) is 5.24. The van der Waals surface area contributed by atoms with E-state index in [2.05, 4.69) is 36.4 Å². The fourth-order valence-electron chi connectivity index (χ4n) is 5.90. The van der Waals surface area contributed by atoms with Crippen molar-refractivity contribution in [3.63, 3.8) is 0 Å². The van der Waals surface area contributed by atoms with E-state index in [4.69, 9.17) is 4.74 Å². The summed E-state index contributed by atoms with van der Waals surface area (Å²) in [5, 5.41) is 5.93. The van der Waals surface area contributed by atoms with Crippen LogP contribution in [-0.2, 0) is 6.42 Å². The molecule has 2 fully saturated rings. The quantitative estimate of drug-likeness (QED) is 0.359. The van der Waals surface area contributed by atoms with Crippen molar-refractivity contribution < 1.29 is 23.1 Å². The molecule has 0 spiro atoms. The largest absolute Gasteiger partial charge is 0.496 e. The van der Waals surface area contributed by atoms with Crippen LogP contribution in [0.5, 0.6) is 5.75 Å². The number of nitrogens with one attached hydrogen (secondary N) is 2. The Labute approximate surface area is 240 Å². The normalized spacial score (nSPS) is 19.8. The number of hydrogen-bond acceptors (Lipinski definition) is 5. The van der Waals surface area contributed by atoms with E-state index in [9.17, 15) is 18.4 Å². The zero-order valence-electron chi connectivity index (χ0n) is 22.3. The van der Waals surface area contributed by atoms with Crippen molar-refractivity contribution in [2.45, 2.75) is 57.2 Å². The van der Waals surface area contributed by atoms with Gasteiger partial charge in [-0.05, 0) is 75.4 Å². The number of amides is 2. The smallest absolute Gasteiger partial charge is 0.252 e. The summed E-state index contributed by atoms with van der Waals surface area (Å²) in [4.78, 5) is 32.5. The maximum Gasteiger partial charge on any atom is 0.252 e. The molecule has 3 heterocycles. The standard InChI is InChI=1S/C30H31BrF2N4O3/c1-17-23(4-3-5-27(17)40-2)30(39)36-20-14-21-7-8-22(15-20)37(21)28-9-6-18(16-35-28)29(38)34-11-10-24-25(32)12-19(31)13-26(24)33/h3-6,9,12-13,16,20-22H,7-8,10-11,14-15H2,1-2H3,(H,34,38)(H,36,39). The van der Waals surface area contributed by atoms with Crippen LogP contribution in [-0.4, -0.2) is 48.6 Å². The number of nitrogens with zero attached hydrogens (tertiary/aromatic N) is 2. The Hall–Kier alpha value is -3.53. The number of aromatic nitrogens is 1. The topological polar surface area (TPSA) is 83.6 Å². The second kappa shape index (κ2) is 11.9. The molecule has 2 amide bonds. The van der Waals surface area contributed by atoms with Crippen LogP contribution in [0, 0.1) is 18.6 Å². The van der Waals surface area contributed by atoms with Gasteiger partial charge in [0.1, 0.15) is 23.2 Å². The fraction of sp³-hybridized carbons (Fsp3) is 0.367. The number of halogens is 3. The van der Waals surface area contributed by atoms with Crippen molar-refractivity contribution in [2.75, 3.05) is 18.6 Å². The first-order chi connectivity index (χ1) is 19.2. The van der Waals surface area contributed by atoms with Crippen LogP contribution in [0.1, 0.15) is 57.5 Å². The Kier molecular flexibility index (Phi) is 8.35. The first-order valence-corrected chi connectivity index (χ1v) is 14.1. The highest BCUT2D eigenvalue weighted by Gasteiger charge is 2.42. The predicted molar refractivity (Wildman–Crippen MR) is 152 cm³/mol. The Morgan fingerprint density at radius 3 is 2.40 bits per heavy atom. The number of anilines is 1. The number of carbonyl (C=O) groups excluding carboxylic acids is 2. The number of hydrogen-bond donors (Lipinski definition) is 2. The molecule has 2 aliphatic rings. The molecule has 210 valence electrons. The highest BCUT2D eigenvalue weighted by Crippen LogP contribution is 2.38. The van der Waals surface area contributed by atoms with Gasteiger partial charge in [-0.2, -0.15) is 0 Å². The number of carbonyl (C=O) groups is 2. The number of piperidine rings is 1. The molecule has 2 aliphatic heterocycles. The van der Waals surface area contributed by atoms with Gasteiger partial charge < -0.3 is 20.3 Å². The van der Waals surface area contributed by atoms with Gasteiger partial charge >= 0.3 is 0 Å². The summed E-state index contributed by atoms with van der Waals surface area (Å²) in [6.45, 7) is 1.98. The summed E-state index contributed by atoms with van der Waals surface area (Å²) in [5.41, 5.74) is 1.76. The van der Waals surface area contributed by atoms with E-state index < -0.39 is 11.6 Å². The Morgan fingerprint density at radius 1 is 1.07 bits per heavy atom. The second-order valence-corrected chi connectivity index (χ2v) is 11.2. The van der Waals surface area contributed by atoms with Crippen LogP contribution in [0.3, 0.4) is 0 Å². The van der Waals surface area contributed by atoms with E-state index >= 15 is 0 Å². The maximum absolute atomic E-state index is 14.0. The second-order valence-electron chi connectivity index (χ2n) is 10.3. The molecule has 1 aromatic heterocycles. The molecular weight excluding hydrogens is 582 g/mol. The van der Waals surface area contributed by atoms with Crippen molar-refractivity contribution in [1.82, 2.24) is 15.6 Å². The molecule has 0 aliphatic carbocycles. The highest BCUT2D eigenvalue weighted by molar-refractivity contribution is 9.10. The van der Waals surface area contributed by atoms with Crippen molar-refractivity contribution >= 4 is 33.6 Å². The van der Waals surface area contributed by atoms with Gasteiger partial charge in [-0.1, -0.05) is 22.0 Å². The first kappa shape index (κ1) is 28.0. The lowest BCUT2D eigenvalue weighted by Crippen LogP contribution is -2.50. The van der Waals surface area contributed by atoms with Gasteiger partial charge in [-0.25, -0.2) is 13.8 Å². The third-order valence-corrected chi connectivity index (χ3v) is 8.32. The third kappa shape index (κ3) is 5.82. The molecule has 10 heteroatoms. The van der Waals surface area contributed by atoms with E-state index in [1.54, 1.807) is 13.2 Å². The molecule has 7 nitrogen and oxygen atoms in total. The summed E-state index contributed by atoms with van der Waals surface area (Å²) < 4.78 is 33.8.